The van der Waals surface area contributed by atoms with Gasteiger partial charge in [-0.1, -0.05) is 28.1 Å². The Hall–Kier alpha value is -1.07. The molecule has 0 aromatic heterocycles. The minimum Gasteiger partial charge on any atom is -0.444 e. The van der Waals surface area contributed by atoms with Gasteiger partial charge in [0.05, 0.1) is 0 Å². The second-order valence-electron chi connectivity index (χ2n) is 8.51. The van der Waals surface area contributed by atoms with Crippen LogP contribution >= 0.6 is 15.9 Å². The molecule has 3 rings (SSSR count). The Morgan fingerprint density at radius 3 is 2.44 bits per heavy atom. The van der Waals surface area contributed by atoms with Crippen LogP contribution in [-0.2, 0) is 11.2 Å². The highest BCUT2D eigenvalue weighted by molar-refractivity contribution is 9.10. The van der Waals surface area contributed by atoms with Crippen LogP contribution in [0.1, 0.15) is 33.3 Å². The van der Waals surface area contributed by atoms with Gasteiger partial charge in [0.25, 0.3) is 0 Å². The van der Waals surface area contributed by atoms with Crippen molar-refractivity contribution in [3.63, 3.8) is 0 Å². The fourth-order valence-electron chi connectivity index (χ4n) is 3.95. The van der Waals surface area contributed by atoms with Gasteiger partial charge in [-0.3, -0.25) is 4.90 Å². The first-order chi connectivity index (χ1) is 11.7. The van der Waals surface area contributed by atoms with E-state index in [1.807, 2.05) is 20.8 Å². The molecule has 25 heavy (non-hydrogen) atoms. The van der Waals surface area contributed by atoms with Crippen molar-refractivity contribution in [2.75, 3.05) is 19.6 Å². The Morgan fingerprint density at radius 1 is 1.28 bits per heavy atom. The van der Waals surface area contributed by atoms with Crippen LogP contribution in [0, 0.1) is 17.8 Å². The van der Waals surface area contributed by atoms with Crippen LogP contribution in [0.25, 0.3) is 0 Å². The predicted molar refractivity (Wildman–Crippen MR) is 104 cm³/mol. The number of rotatable bonds is 5. The van der Waals surface area contributed by atoms with E-state index in [-0.39, 0.29) is 6.09 Å². The summed E-state index contributed by atoms with van der Waals surface area (Å²) in [6, 6.07) is 9.19. The summed E-state index contributed by atoms with van der Waals surface area (Å²) in [4.78, 5) is 14.4. The Labute approximate surface area is 159 Å². The summed E-state index contributed by atoms with van der Waals surface area (Å²) in [5.41, 5.74) is 0.961. The van der Waals surface area contributed by atoms with E-state index in [0.29, 0.717) is 12.0 Å². The SMILES string of the molecule is C[C@H](Cc1ccc(Br)cc1)N1C[C@@H]2C(CNC(=O)OC(C)(C)C)[C@@H]2C1. The van der Waals surface area contributed by atoms with Gasteiger partial charge in [0.1, 0.15) is 5.60 Å². The lowest BCUT2D eigenvalue weighted by Crippen LogP contribution is -2.37. The number of hydrogen-bond donors (Lipinski definition) is 1. The number of hydrogen-bond acceptors (Lipinski definition) is 3. The maximum Gasteiger partial charge on any atom is 0.407 e. The van der Waals surface area contributed by atoms with Crippen LogP contribution in [0.3, 0.4) is 0 Å². The third-order valence-corrected chi connectivity index (χ3v) is 5.88. The summed E-state index contributed by atoms with van der Waals surface area (Å²) < 4.78 is 6.44. The fraction of sp³-hybridized carbons (Fsp3) is 0.650. The molecule has 138 valence electrons. The second-order valence-corrected chi connectivity index (χ2v) is 9.42. The Kier molecular flexibility index (Phi) is 5.45. The van der Waals surface area contributed by atoms with Gasteiger partial charge in [-0.2, -0.15) is 0 Å². The number of likely N-dealkylation sites (tertiary alicyclic amines) is 1. The molecule has 2 fully saturated rings. The molecule has 4 nitrogen and oxygen atoms in total. The normalized spacial score (nSPS) is 26.8. The minimum atomic E-state index is -0.428. The van der Waals surface area contributed by atoms with Crippen molar-refractivity contribution in [3.8, 4) is 0 Å². The van der Waals surface area contributed by atoms with E-state index >= 15 is 0 Å². The second kappa shape index (κ2) is 7.28. The topological polar surface area (TPSA) is 41.6 Å². The zero-order valence-corrected chi connectivity index (χ0v) is 17.2. The van der Waals surface area contributed by atoms with Gasteiger partial charge in [-0.15, -0.1) is 0 Å². The van der Waals surface area contributed by atoms with E-state index in [0.717, 1.165) is 42.4 Å². The van der Waals surface area contributed by atoms with Crippen molar-refractivity contribution in [3.05, 3.63) is 34.3 Å². The van der Waals surface area contributed by atoms with Crippen molar-refractivity contribution in [2.24, 2.45) is 17.8 Å². The first kappa shape index (κ1) is 18.7. The van der Waals surface area contributed by atoms with E-state index < -0.39 is 5.60 Å². The van der Waals surface area contributed by atoms with E-state index in [4.69, 9.17) is 4.74 Å². The molecule has 1 saturated heterocycles. The van der Waals surface area contributed by atoms with E-state index in [2.05, 4.69) is 57.3 Å². The maximum atomic E-state index is 11.8. The number of benzene rings is 1. The molecule has 1 unspecified atom stereocenters. The van der Waals surface area contributed by atoms with Gasteiger partial charge in [0.15, 0.2) is 0 Å². The maximum absolute atomic E-state index is 11.8. The van der Waals surface area contributed by atoms with E-state index in [9.17, 15) is 4.79 Å². The zero-order valence-electron chi connectivity index (χ0n) is 15.6. The number of alkyl carbamates (subject to hydrolysis) is 1. The molecule has 1 N–H and O–H groups in total. The molecule has 1 saturated carbocycles. The third kappa shape index (κ3) is 4.98. The van der Waals surface area contributed by atoms with Crippen molar-refractivity contribution >= 4 is 22.0 Å². The first-order valence-corrected chi connectivity index (χ1v) is 9.97. The van der Waals surface area contributed by atoms with Gasteiger partial charge < -0.3 is 10.1 Å². The molecule has 4 atom stereocenters. The summed E-state index contributed by atoms with van der Waals surface area (Å²) in [5, 5.41) is 2.93. The average molecular weight is 409 g/mol. The molecule has 1 aliphatic carbocycles. The first-order valence-electron chi connectivity index (χ1n) is 9.18. The highest BCUT2D eigenvalue weighted by Gasteiger charge is 2.55. The third-order valence-electron chi connectivity index (χ3n) is 5.35. The number of halogens is 1. The van der Waals surface area contributed by atoms with Crippen molar-refractivity contribution < 1.29 is 9.53 Å². The summed E-state index contributed by atoms with van der Waals surface area (Å²) in [6.45, 7) is 11.1. The summed E-state index contributed by atoms with van der Waals surface area (Å²) in [6.07, 6.45) is 0.797. The van der Waals surface area contributed by atoms with E-state index in [1.54, 1.807) is 0 Å². The highest BCUT2D eigenvalue weighted by atomic mass is 79.9. The standard InChI is InChI=1S/C20H29BrN2O2/c1-13(9-14-5-7-15(21)8-6-14)23-11-17-16(18(17)12-23)10-22-19(24)25-20(2,3)4/h5-8,13,16-18H,9-12H2,1-4H3,(H,22,24)/t13-,16?,17-,18+/m1/s1. The molecule has 5 heteroatoms. The predicted octanol–water partition coefficient (Wildman–Crippen LogP) is 4.08. The Morgan fingerprint density at radius 2 is 1.88 bits per heavy atom. The van der Waals surface area contributed by atoms with Gasteiger partial charge in [-0.05, 0) is 69.6 Å². The van der Waals surface area contributed by atoms with Gasteiger partial charge in [-0.25, -0.2) is 4.79 Å². The smallest absolute Gasteiger partial charge is 0.407 e. The van der Waals surface area contributed by atoms with Gasteiger partial charge in [0, 0.05) is 30.1 Å². The van der Waals surface area contributed by atoms with Crippen LogP contribution < -0.4 is 5.32 Å². The molecular formula is C20H29BrN2O2. The number of amides is 1. The van der Waals surface area contributed by atoms with Crippen LogP contribution in [0.15, 0.2) is 28.7 Å². The molecule has 0 bridgehead atoms. The lowest BCUT2D eigenvalue weighted by Gasteiger charge is -2.27. The summed E-state index contributed by atoms with van der Waals surface area (Å²) in [5.74, 6) is 2.10. The van der Waals surface area contributed by atoms with Crippen LogP contribution in [0.2, 0.25) is 0 Å². The van der Waals surface area contributed by atoms with Crippen LogP contribution in [-0.4, -0.2) is 42.3 Å². The van der Waals surface area contributed by atoms with Crippen LogP contribution in [0.5, 0.6) is 0 Å². The lowest BCUT2D eigenvalue weighted by atomic mass is 10.1. The minimum absolute atomic E-state index is 0.294. The molecule has 1 aromatic rings. The molecule has 1 heterocycles. The van der Waals surface area contributed by atoms with Crippen molar-refractivity contribution in [1.29, 1.82) is 0 Å². The Bertz CT molecular complexity index is 599. The molecule has 2 aliphatic rings. The summed E-state index contributed by atoms with van der Waals surface area (Å²) in [7, 11) is 0. The van der Waals surface area contributed by atoms with E-state index in [1.165, 1.54) is 5.56 Å². The fourth-order valence-corrected chi connectivity index (χ4v) is 4.22. The quantitative estimate of drug-likeness (QED) is 0.797. The number of carbonyl (C=O) groups excluding carboxylic acids is 1. The number of fused-ring (bicyclic) bond motifs is 1. The molecule has 1 aromatic carbocycles. The number of nitrogens with one attached hydrogen (secondary N) is 1. The highest BCUT2D eigenvalue weighted by Crippen LogP contribution is 2.51. The lowest BCUT2D eigenvalue weighted by molar-refractivity contribution is 0.0522. The number of ether oxygens (including phenoxy) is 1. The summed E-state index contributed by atoms with van der Waals surface area (Å²) >= 11 is 3.49. The number of nitrogens with zero attached hydrogens (tertiary/aromatic N) is 1. The monoisotopic (exact) mass is 408 g/mol. The Balaban J connectivity index is 1.39. The van der Waals surface area contributed by atoms with Crippen molar-refractivity contribution in [2.45, 2.75) is 45.8 Å². The van der Waals surface area contributed by atoms with Crippen molar-refractivity contribution in [1.82, 2.24) is 10.2 Å². The van der Waals surface area contributed by atoms with Gasteiger partial charge in [0.2, 0.25) is 0 Å². The number of piperidine rings is 1. The zero-order chi connectivity index (χ0) is 18.2. The number of carbonyl (C=O) groups is 1. The molecule has 0 radical (unpaired) electrons. The van der Waals surface area contributed by atoms with Crippen LogP contribution in [0.4, 0.5) is 4.79 Å². The molecule has 1 aliphatic heterocycles. The molecule has 1 amide bonds. The largest absolute Gasteiger partial charge is 0.444 e. The van der Waals surface area contributed by atoms with Gasteiger partial charge >= 0.3 is 6.09 Å². The molecular weight excluding hydrogens is 380 g/mol. The average Bonchev–Trinajstić information content (AvgIpc) is 2.96. The molecule has 0 spiro atoms.